The third-order valence-corrected chi connectivity index (χ3v) is 6.53. The minimum atomic E-state index is -0.599. The molecule has 3 heterocycles. The normalized spacial score (nSPS) is 19.5. The summed E-state index contributed by atoms with van der Waals surface area (Å²) in [5, 5.41) is 3.14. The smallest absolute Gasteiger partial charge is 0.272 e. The minimum Gasteiger partial charge on any atom is -0.341 e. The third-order valence-electron chi connectivity index (χ3n) is 6.53. The average molecular weight is 429 g/mol. The first-order valence-corrected chi connectivity index (χ1v) is 10.9. The van der Waals surface area contributed by atoms with Crippen LogP contribution in [-0.2, 0) is 5.54 Å². The highest BCUT2D eigenvalue weighted by molar-refractivity contribution is 6.02. The van der Waals surface area contributed by atoms with Crippen molar-refractivity contribution in [3.8, 4) is 11.1 Å². The Morgan fingerprint density at radius 2 is 1.94 bits per heavy atom. The fourth-order valence-corrected chi connectivity index (χ4v) is 4.90. The van der Waals surface area contributed by atoms with Crippen LogP contribution in [0.25, 0.3) is 11.1 Å². The van der Waals surface area contributed by atoms with Gasteiger partial charge in [-0.05, 0) is 52.8 Å². The van der Waals surface area contributed by atoms with Crippen molar-refractivity contribution in [3.05, 3.63) is 89.0 Å². The van der Waals surface area contributed by atoms with Crippen molar-refractivity contribution in [1.29, 1.82) is 0 Å². The molecule has 1 aromatic heterocycles. The number of aromatic nitrogens is 1. The first-order chi connectivity index (χ1) is 15.4. The zero-order chi connectivity index (χ0) is 22.5. The maximum Gasteiger partial charge on any atom is 0.272 e. The van der Waals surface area contributed by atoms with E-state index >= 15 is 0 Å². The lowest BCUT2D eigenvalue weighted by atomic mass is 9.86. The van der Waals surface area contributed by atoms with Gasteiger partial charge in [0, 0.05) is 18.7 Å². The van der Waals surface area contributed by atoms with Crippen molar-refractivity contribution in [1.82, 2.24) is 15.2 Å². The highest BCUT2D eigenvalue weighted by Crippen LogP contribution is 2.41. The second kappa shape index (κ2) is 7.55. The third kappa shape index (κ3) is 3.27. The fourth-order valence-electron chi connectivity index (χ4n) is 4.90. The molecule has 1 atom stereocenters. The molecule has 5 nitrogen and oxygen atoms in total. The molecule has 2 aliphatic rings. The van der Waals surface area contributed by atoms with Crippen molar-refractivity contribution >= 4 is 11.8 Å². The molecule has 1 unspecified atom stereocenters. The van der Waals surface area contributed by atoms with Gasteiger partial charge in [0.15, 0.2) is 0 Å². The number of carbonyl (C=O) groups excluding carboxylic acids is 2. The van der Waals surface area contributed by atoms with Crippen LogP contribution in [0, 0.1) is 5.82 Å². The molecule has 32 heavy (non-hydrogen) atoms. The number of fused-ring (bicyclic) bond motifs is 2. The van der Waals surface area contributed by atoms with Gasteiger partial charge < -0.3 is 10.2 Å². The monoisotopic (exact) mass is 429 g/mol. The molecular weight excluding hydrogens is 405 g/mol. The number of amides is 2. The van der Waals surface area contributed by atoms with Crippen LogP contribution in [0.5, 0.6) is 0 Å². The molecule has 0 saturated carbocycles. The summed E-state index contributed by atoms with van der Waals surface area (Å²) in [6.07, 6.45) is 1.67. The summed E-state index contributed by atoms with van der Waals surface area (Å²) in [5.74, 6) is -0.481. The summed E-state index contributed by atoms with van der Waals surface area (Å²) in [7, 11) is 0. The number of nitrogens with one attached hydrogen (secondary N) is 1. The topological polar surface area (TPSA) is 62.3 Å². The predicted octanol–water partition coefficient (Wildman–Crippen LogP) is 4.50. The summed E-state index contributed by atoms with van der Waals surface area (Å²) in [6.45, 7) is 5.18. The van der Waals surface area contributed by atoms with Crippen LogP contribution in [0.3, 0.4) is 0 Å². The van der Waals surface area contributed by atoms with Crippen LogP contribution in [0.1, 0.15) is 58.2 Å². The summed E-state index contributed by atoms with van der Waals surface area (Å²) < 4.78 is 13.2. The lowest BCUT2D eigenvalue weighted by Crippen LogP contribution is -2.43. The number of hydrogen-bond donors (Lipinski definition) is 1. The Labute approximate surface area is 186 Å². The van der Waals surface area contributed by atoms with Crippen LogP contribution >= 0.6 is 0 Å². The molecule has 1 saturated heterocycles. The van der Waals surface area contributed by atoms with Gasteiger partial charge in [-0.15, -0.1) is 0 Å². The van der Waals surface area contributed by atoms with Crippen molar-refractivity contribution < 1.29 is 14.0 Å². The van der Waals surface area contributed by atoms with E-state index in [4.69, 9.17) is 0 Å². The van der Waals surface area contributed by atoms with Gasteiger partial charge in [0.25, 0.3) is 11.8 Å². The van der Waals surface area contributed by atoms with Crippen LogP contribution < -0.4 is 5.32 Å². The number of rotatable bonds is 3. The molecule has 1 fully saturated rings. The second-order valence-electron chi connectivity index (χ2n) is 8.88. The summed E-state index contributed by atoms with van der Waals surface area (Å²) in [5.41, 5.74) is 4.58. The molecule has 1 spiro atoms. The molecular formula is C26H24FN3O2. The molecule has 2 aliphatic heterocycles. The molecule has 6 heteroatoms. The first kappa shape index (κ1) is 20.4. The molecule has 3 aromatic rings. The number of likely N-dealkylation sites (tertiary alicyclic amines) is 1. The average Bonchev–Trinajstić information content (AvgIpc) is 3.34. The van der Waals surface area contributed by atoms with E-state index in [0.717, 1.165) is 22.9 Å². The Morgan fingerprint density at radius 3 is 2.69 bits per heavy atom. The summed E-state index contributed by atoms with van der Waals surface area (Å²) in [6, 6.07) is 16.9. The molecule has 0 aliphatic carbocycles. The van der Waals surface area contributed by atoms with Gasteiger partial charge in [-0.3, -0.25) is 9.59 Å². The van der Waals surface area contributed by atoms with Gasteiger partial charge in [-0.2, -0.15) is 0 Å². The number of carbonyl (C=O) groups is 2. The van der Waals surface area contributed by atoms with Gasteiger partial charge in [-0.1, -0.05) is 50.2 Å². The van der Waals surface area contributed by atoms with Crippen LogP contribution in [0.15, 0.2) is 60.8 Å². The quantitative estimate of drug-likeness (QED) is 0.667. The van der Waals surface area contributed by atoms with E-state index < -0.39 is 11.4 Å². The molecule has 1 N–H and O–H groups in total. The van der Waals surface area contributed by atoms with Crippen LogP contribution in [-0.4, -0.2) is 34.8 Å². The molecule has 2 amide bonds. The largest absolute Gasteiger partial charge is 0.341 e. The lowest BCUT2D eigenvalue weighted by Gasteiger charge is -2.25. The lowest BCUT2D eigenvalue weighted by molar-refractivity contribution is 0.0766. The molecule has 162 valence electrons. The molecule has 0 radical (unpaired) electrons. The van der Waals surface area contributed by atoms with Crippen LogP contribution in [0.2, 0.25) is 0 Å². The van der Waals surface area contributed by atoms with E-state index in [2.05, 4.69) is 42.3 Å². The van der Waals surface area contributed by atoms with Gasteiger partial charge >= 0.3 is 0 Å². The van der Waals surface area contributed by atoms with E-state index in [9.17, 15) is 14.0 Å². The van der Waals surface area contributed by atoms with Gasteiger partial charge in [-0.25, -0.2) is 9.37 Å². The van der Waals surface area contributed by atoms with E-state index in [1.807, 2.05) is 24.3 Å². The predicted molar refractivity (Wildman–Crippen MR) is 120 cm³/mol. The Balaban J connectivity index is 1.46. The minimum absolute atomic E-state index is 0.113. The fraction of sp³-hybridized carbons (Fsp3) is 0.269. The number of nitrogens with zero attached hydrogens (tertiary/aromatic N) is 2. The van der Waals surface area contributed by atoms with E-state index in [-0.39, 0.29) is 17.5 Å². The highest BCUT2D eigenvalue weighted by atomic mass is 19.1. The van der Waals surface area contributed by atoms with Crippen LogP contribution in [0.4, 0.5) is 4.39 Å². The zero-order valence-corrected chi connectivity index (χ0v) is 18.1. The van der Waals surface area contributed by atoms with Gasteiger partial charge in [0.2, 0.25) is 0 Å². The van der Waals surface area contributed by atoms with Gasteiger partial charge in [0.05, 0.1) is 11.7 Å². The Kier molecular flexibility index (Phi) is 4.81. The Hall–Kier alpha value is -3.54. The van der Waals surface area contributed by atoms with Gasteiger partial charge in [0.1, 0.15) is 11.5 Å². The number of halogens is 1. The van der Waals surface area contributed by atoms with E-state index in [1.54, 1.807) is 4.90 Å². The summed E-state index contributed by atoms with van der Waals surface area (Å²) >= 11 is 0. The van der Waals surface area contributed by atoms with Crippen molar-refractivity contribution in [2.45, 2.75) is 31.7 Å². The molecule has 5 rings (SSSR count). The number of benzene rings is 2. The highest BCUT2D eigenvalue weighted by Gasteiger charge is 2.48. The Morgan fingerprint density at radius 1 is 1.12 bits per heavy atom. The maximum absolute atomic E-state index is 13.2. The van der Waals surface area contributed by atoms with E-state index in [0.29, 0.717) is 31.0 Å². The number of hydrogen-bond acceptors (Lipinski definition) is 3. The molecule has 0 bridgehead atoms. The van der Waals surface area contributed by atoms with Crippen molar-refractivity contribution in [2.24, 2.45) is 0 Å². The first-order valence-electron chi connectivity index (χ1n) is 10.9. The maximum atomic E-state index is 13.2. The molecule has 2 aromatic carbocycles. The number of pyridine rings is 1. The standard InChI is InChI=1S/C26H24FN3O2/c1-16(2)19-5-3-4-6-20(19)17-7-9-22-21(13-17)24(31)29-26(22)11-12-30(15-26)25(32)23-10-8-18(27)14-28-23/h3-10,13-14,16H,11-12,15H2,1-2H3,(H,29,31). The Bertz CT molecular complexity index is 1220. The zero-order valence-electron chi connectivity index (χ0n) is 18.1. The summed E-state index contributed by atoms with van der Waals surface area (Å²) in [4.78, 5) is 31.4. The van der Waals surface area contributed by atoms with Crippen molar-refractivity contribution in [3.63, 3.8) is 0 Å². The van der Waals surface area contributed by atoms with Crippen molar-refractivity contribution in [2.75, 3.05) is 13.1 Å². The van der Waals surface area contributed by atoms with E-state index in [1.165, 1.54) is 17.7 Å². The second-order valence-corrected chi connectivity index (χ2v) is 8.88. The SMILES string of the molecule is CC(C)c1ccccc1-c1ccc2c(c1)C(=O)NC21CCN(C(=O)c2ccc(F)cn2)C1.